The maximum Gasteiger partial charge on any atom is 0.148 e. The summed E-state index contributed by atoms with van der Waals surface area (Å²) >= 11 is 9.16. The molecule has 0 aromatic heterocycles. The highest BCUT2D eigenvalue weighted by Gasteiger charge is 2.02. The summed E-state index contributed by atoms with van der Waals surface area (Å²) in [4.78, 5) is 4.31. The molecule has 0 spiro atoms. The highest BCUT2D eigenvalue weighted by atomic mass is 79.9. The van der Waals surface area contributed by atoms with Gasteiger partial charge in [0.1, 0.15) is 11.8 Å². The highest BCUT2D eigenvalue weighted by Crippen LogP contribution is 2.18. The fourth-order valence-corrected chi connectivity index (χ4v) is 1.80. The van der Waals surface area contributed by atoms with Crippen LogP contribution in [0.4, 0.5) is 5.69 Å². The number of nitrogens with zero attached hydrogens (tertiary/aromatic N) is 2. The van der Waals surface area contributed by atoms with E-state index in [0.717, 1.165) is 15.7 Å². The standard InChI is InChI=1S/C14H8BrClN2/c15-11-3-7-13(8-4-11)18-14(9-17)10-1-5-12(16)6-2-10/h1-8H/b18-14+. The van der Waals surface area contributed by atoms with E-state index in [0.29, 0.717) is 10.7 Å². The predicted molar refractivity (Wildman–Crippen MR) is 77.4 cm³/mol. The summed E-state index contributed by atoms with van der Waals surface area (Å²) in [6.07, 6.45) is 0. The molecule has 0 aliphatic heterocycles. The molecule has 0 saturated heterocycles. The Morgan fingerprint density at radius 3 is 2.22 bits per heavy atom. The Morgan fingerprint density at radius 2 is 1.67 bits per heavy atom. The van der Waals surface area contributed by atoms with Gasteiger partial charge in [-0.25, -0.2) is 4.99 Å². The zero-order valence-corrected chi connectivity index (χ0v) is 11.6. The Hall–Kier alpha value is -1.63. The second-order valence-corrected chi connectivity index (χ2v) is 4.91. The molecule has 0 radical (unpaired) electrons. The molecule has 0 aliphatic rings. The van der Waals surface area contributed by atoms with E-state index < -0.39 is 0 Å². The molecule has 0 fully saturated rings. The normalized spacial score (nSPS) is 11.1. The van der Waals surface area contributed by atoms with E-state index in [-0.39, 0.29) is 0 Å². The van der Waals surface area contributed by atoms with E-state index in [9.17, 15) is 0 Å². The Kier molecular flexibility index (Phi) is 4.14. The van der Waals surface area contributed by atoms with Crippen molar-refractivity contribution in [2.45, 2.75) is 0 Å². The molecule has 0 amide bonds. The van der Waals surface area contributed by atoms with Crippen LogP contribution >= 0.6 is 27.5 Å². The maximum atomic E-state index is 9.14. The van der Waals surface area contributed by atoms with Gasteiger partial charge in [-0.1, -0.05) is 39.7 Å². The molecule has 4 heteroatoms. The third-order valence-corrected chi connectivity index (χ3v) is 3.07. The lowest BCUT2D eigenvalue weighted by molar-refractivity contribution is 1.47. The summed E-state index contributed by atoms with van der Waals surface area (Å²) in [5, 5.41) is 9.78. The number of hydrogen-bond acceptors (Lipinski definition) is 2. The van der Waals surface area contributed by atoms with Crippen molar-refractivity contribution >= 4 is 38.9 Å². The number of nitriles is 1. The van der Waals surface area contributed by atoms with E-state index in [1.54, 1.807) is 24.3 Å². The van der Waals surface area contributed by atoms with Gasteiger partial charge < -0.3 is 0 Å². The molecular formula is C14H8BrClN2. The summed E-state index contributed by atoms with van der Waals surface area (Å²) in [5.74, 6) is 0. The summed E-state index contributed by atoms with van der Waals surface area (Å²) in [6, 6.07) is 16.6. The molecule has 0 aliphatic carbocycles. The minimum absolute atomic E-state index is 0.369. The molecule has 88 valence electrons. The first-order valence-corrected chi connectivity index (χ1v) is 6.36. The van der Waals surface area contributed by atoms with Crippen molar-refractivity contribution in [2.24, 2.45) is 4.99 Å². The van der Waals surface area contributed by atoms with Crippen LogP contribution < -0.4 is 0 Å². The van der Waals surface area contributed by atoms with Crippen LogP contribution in [0.2, 0.25) is 5.02 Å². The second kappa shape index (κ2) is 5.81. The van der Waals surface area contributed by atoms with E-state index in [4.69, 9.17) is 16.9 Å². The lowest BCUT2D eigenvalue weighted by atomic mass is 10.1. The van der Waals surface area contributed by atoms with Gasteiger partial charge in [0.25, 0.3) is 0 Å². The van der Waals surface area contributed by atoms with Gasteiger partial charge in [0, 0.05) is 15.1 Å². The summed E-state index contributed by atoms with van der Waals surface area (Å²) in [5.41, 5.74) is 1.86. The third kappa shape index (κ3) is 3.19. The van der Waals surface area contributed by atoms with Crippen LogP contribution in [0.1, 0.15) is 5.56 Å². The van der Waals surface area contributed by atoms with Crippen molar-refractivity contribution < 1.29 is 0 Å². The maximum absolute atomic E-state index is 9.14. The number of halogens is 2. The van der Waals surface area contributed by atoms with E-state index in [1.807, 2.05) is 24.3 Å². The van der Waals surface area contributed by atoms with E-state index in [1.165, 1.54) is 0 Å². The Balaban J connectivity index is 2.37. The minimum Gasteiger partial charge on any atom is -0.237 e. The Labute approximate surface area is 119 Å². The smallest absolute Gasteiger partial charge is 0.148 e. The molecule has 0 bridgehead atoms. The average molecular weight is 320 g/mol. The van der Waals surface area contributed by atoms with Gasteiger partial charge in [-0.3, -0.25) is 0 Å². The quantitative estimate of drug-likeness (QED) is 0.736. The number of aliphatic imine (C=N–C) groups is 1. The van der Waals surface area contributed by atoms with Crippen molar-refractivity contribution in [3.05, 3.63) is 63.6 Å². The second-order valence-electron chi connectivity index (χ2n) is 3.56. The summed E-state index contributed by atoms with van der Waals surface area (Å²) < 4.78 is 0.978. The van der Waals surface area contributed by atoms with Crippen molar-refractivity contribution in [1.82, 2.24) is 0 Å². The van der Waals surface area contributed by atoms with Gasteiger partial charge in [0.2, 0.25) is 0 Å². The van der Waals surface area contributed by atoms with Gasteiger partial charge in [-0.05, 0) is 36.4 Å². The molecule has 0 heterocycles. The summed E-state index contributed by atoms with van der Waals surface area (Å²) in [6.45, 7) is 0. The van der Waals surface area contributed by atoms with Gasteiger partial charge >= 0.3 is 0 Å². The Morgan fingerprint density at radius 1 is 1.06 bits per heavy atom. The van der Waals surface area contributed by atoms with Crippen LogP contribution in [0.25, 0.3) is 0 Å². The molecule has 0 saturated carbocycles. The minimum atomic E-state index is 0.369. The van der Waals surface area contributed by atoms with Gasteiger partial charge in [0.05, 0.1) is 5.69 Å². The zero-order valence-electron chi connectivity index (χ0n) is 9.27. The molecule has 0 atom stereocenters. The lowest BCUT2D eigenvalue weighted by Crippen LogP contribution is -1.95. The van der Waals surface area contributed by atoms with Crippen molar-refractivity contribution in [3.8, 4) is 6.07 Å². The van der Waals surface area contributed by atoms with E-state index in [2.05, 4.69) is 27.0 Å². The molecule has 2 aromatic carbocycles. The monoisotopic (exact) mass is 318 g/mol. The molecule has 2 rings (SSSR count). The molecule has 2 aromatic rings. The molecule has 0 N–H and O–H groups in total. The van der Waals surface area contributed by atoms with Crippen molar-refractivity contribution in [2.75, 3.05) is 0 Å². The van der Waals surface area contributed by atoms with Crippen LogP contribution in [0.5, 0.6) is 0 Å². The molecule has 2 nitrogen and oxygen atoms in total. The fourth-order valence-electron chi connectivity index (χ4n) is 1.41. The SMILES string of the molecule is N#C/C(=N\c1ccc(Br)cc1)c1ccc(Cl)cc1. The topological polar surface area (TPSA) is 36.1 Å². The average Bonchev–Trinajstić information content (AvgIpc) is 2.39. The molecule has 18 heavy (non-hydrogen) atoms. The third-order valence-electron chi connectivity index (χ3n) is 2.29. The predicted octanol–water partition coefficient (Wildman–Crippen LogP) is 4.75. The first-order valence-electron chi connectivity index (χ1n) is 5.19. The van der Waals surface area contributed by atoms with Crippen LogP contribution in [0, 0.1) is 11.3 Å². The van der Waals surface area contributed by atoms with Gasteiger partial charge in [-0.15, -0.1) is 0 Å². The molecule has 0 unspecified atom stereocenters. The molecular weight excluding hydrogens is 312 g/mol. The first-order chi connectivity index (χ1) is 8.69. The van der Waals surface area contributed by atoms with Crippen LogP contribution in [0.15, 0.2) is 58.0 Å². The highest BCUT2D eigenvalue weighted by molar-refractivity contribution is 9.10. The summed E-state index contributed by atoms with van der Waals surface area (Å²) in [7, 11) is 0. The largest absolute Gasteiger partial charge is 0.237 e. The fraction of sp³-hybridized carbons (Fsp3) is 0. The lowest BCUT2D eigenvalue weighted by Gasteiger charge is -1.99. The van der Waals surface area contributed by atoms with E-state index >= 15 is 0 Å². The van der Waals surface area contributed by atoms with Crippen molar-refractivity contribution in [3.63, 3.8) is 0 Å². The number of rotatable bonds is 2. The van der Waals surface area contributed by atoms with Gasteiger partial charge in [0.15, 0.2) is 0 Å². The van der Waals surface area contributed by atoms with Crippen LogP contribution in [-0.4, -0.2) is 5.71 Å². The van der Waals surface area contributed by atoms with Crippen LogP contribution in [-0.2, 0) is 0 Å². The van der Waals surface area contributed by atoms with Crippen LogP contribution in [0.3, 0.4) is 0 Å². The zero-order chi connectivity index (χ0) is 13.0. The number of benzene rings is 2. The Bertz CT molecular complexity index is 610. The number of hydrogen-bond donors (Lipinski definition) is 0. The van der Waals surface area contributed by atoms with Gasteiger partial charge in [-0.2, -0.15) is 5.26 Å². The van der Waals surface area contributed by atoms with Crippen molar-refractivity contribution in [1.29, 1.82) is 5.26 Å². The first kappa shape index (κ1) is 12.8.